The number of hydrogen-bond donors (Lipinski definition) is 9. The van der Waals surface area contributed by atoms with Crippen LogP contribution in [-0.2, 0) is 36.9 Å². The van der Waals surface area contributed by atoms with E-state index in [0.717, 1.165) is 5.56 Å². The molecule has 232 valence electrons. The molecule has 0 aromatic heterocycles. The number of Topliss-reactive ketones (excluding diaryl/α,β-unsaturated/α-hetero) is 1. The van der Waals surface area contributed by atoms with E-state index in [1.807, 2.05) is 0 Å². The van der Waals surface area contributed by atoms with Gasteiger partial charge in [-0.2, -0.15) is 12.6 Å². The number of hydrogen-bond acceptors (Lipinski definition) is 8. The standard InChI is InChI=1S/C26H41N9O6S/c27-25(28)32-9-1-3-18(23(39)35-20(14-42)24(40)41)12-21(37)19(4-2-10-33-26(29)30)34-22(38)11-16-5-7-17(8-6-16)13-31-15-36/h5-8,15,18-20,42H,1-4,9-14H2,(H,31,36)(H,34,38)(H,35,39)(H,40,41)(H4,27,28,32)(H4,29,30,33)/t18-,19+,20+/m1/s1. The molecule has 3 atom stereocenters. The van der Waals surface area contributed by atoms with Crippen molar-refractivity contribution in [2.45, 2.75) is 57.2 Å². The second-order valence-corrected chi connectivity index (χ2v) is 9.82. The lowest BCUT2D eigenvalue weighted by Crippen LogP contribution is -2.47. The molecule has 0 bridgehead atoms. The summed E-state index contributed by atoms with van der Waals surface area (Å²) in [5, 5.41) is 17.0. The zero-order chi connectivity index (χ0) is 31.5. The maximum Gasteiger partial charge on any atom is 0.327 e. The first-order valence-electron chi connectivity index (χ1n) is 13.3. The van der Waals surface area contributed by atoms with E-state index in [4.69, 9.17) is 22.9 Å². The molecule has 3 amide bonds. The van der Waals surface area contributed by atoms with Gasteiger partial charge in [-0.1, -0.05) is 24.3 Å². The Bertz CT molecular complexity index is 1110. The minimum absolute atomic E-state index is 0.0102. The molecule has 0 aliphatic carbocycles. The Morgan fingerprint density at radius 3 is 1.98 bits per heavy atom. The number of aliphatic imine (C=N–C) groups is 2. The summed E-state index contributed by atoms with van der Waals surface area (Å²) in [6.45, 7) is 0.783. The fraction of sp³-hybridized carbons (Fsp3) is 0.500. The van der Waals surface area contributed by atoms with Gasteiger partial charge in [-0.05, 0) is 36.8 Å². The summed E-state index contributed by atoms with van der Waals surface area (Å²) in [6.07, 6.45) is 1.43. The molecule has 0 unspecified atom stereocenters. The van der Waals surface area contributed by atoms with E-state index in [-0.39, 0.29) is 56.4 Å². The van der Waals surface area contributed by atoms with Gasteiger partial charge in [0, 0.05) is 37.7 Å². The average molecular weight is 608 g/mol. The number of carbonyl (C=O) groups excluding carboxylic acids is 4. The van der Waals surface area contributed by atoms with Crippen molar-refractivity contribution in [3.8, 4) is 0 Å². The summed E-state index contributed by atoms with van der Waals surface area (Å²) in [5.41, 5.74) is 23.0. The number of nitrogens with zero attached hydrogens (tertiary/aromatic N) is 2. The summed E-state index contributed by atoms with van der Waals surface area (Å²) < 4.78 is 0. The highest BCUT2D eigenvalue weighted by Gasteiger charge is 2.29. The van der Waals surface area contributed by atoms with Crippen LogP contribution in [0.2, 0.25) is 0 Å². The number of carboxylic acid groups (broad SMARTS) is 1. The van der Waals surface area contributed by atoms with Crippen LogP contribution in [0.25, 0.3) is 0 Å². The van der Waals surface area contributed by atoms with Crippen LogP contribution in [0.15, 0.2) is 34.3 Å². The van der Waals surface area contributed by atoms with Crippen molar-refractivity contribution in [2.24, 2.45) is 38.8 Å². The Labute approximate surface area is 249 Å². The third-order valence-electron chi connectivity index (χ3n) is 6.07. The molecule has 1 rings (SSSR count). The van der Waals surface area contributed by atoms with E-state index in [1.54, 1.807) is 24.3 Å². The van der Waals surface area contributed by atoms with Crippen LogP contribution in [-0.4, -0.2) is 77.9 Å². The van der Waals surface area contributed by atoms with Gasteiger partial charge in [0.05, 0.1) is 12.5 Å². The van der Waals surface area contributed by atoms with Gasteiger partial charge in [0.1, 0.15) is 6.04 Å². The normalized spacial score (nSPS) is 12.6. The van der Waals surface area contributed by atoms with Crippen molar-refractivity contribution < 1.29 is 29.1 Å². The molecule has 0 heterocycles. The van der Waals surface area contributed by atoms with Gasteiger partial charge in [-0.3, -0.25) is 29.2 Å². The quantitative estimate of drug-likeness (QED) is 0.0247. The van der Waals surface area contributed by atoms with Crippen LogP contribution in [0, 0.1) is 5.92 Å². The van der Waals surface area contributed by atoms with E-state index < -0.39 is 41.6 Å². The SMILES string of the molecule is NC(N)=NCCC[C@H](CC(=O)[C@H](CCCN=C(N)N)NC(=O)Cc1ccc(CNC=O)cc1)C(=O)N[C@@H](CS)C(=O)O. The van der Waals surface area contributed by atoms with Crippen LogP contribution in [0.3, 0.4) is 0 Å². The molecule has 15 nitrogen and oxygen atoms in total. The number of ketones is 1. The number of carboxylic acids is 1. The van der Waals surface area contributed by atoms with E-state index in [0.29, 0.717) is 31.4 Å². The molecule has 1 aromatic carbocycles. The highest BCUT2D eigenvalue weighted by molar-refractivity contribution is 7.80. The van der Waals surface area contributed by atoms with Crippen LogP contribution >= 0.6 is 12.6 Å². The number of nitrogens with two attached hydrogens (primary N) is 4. The van der Waals surface area contributed by atoms with E-state index in [2.05, 4.69) is 38.6 Å². The fourth-order valence-electron chi connectivity index (χ4n) is 3.91. The van der Waals surface area contributed by atoms with Crippen molar-refractivity contribution in [3.63, 3.8) is 0 Å². The third-order valence-corrected chi connectivity index (χ3v) is 6.43. The van der Waals surface area contributed by atoms with Crippen molar-refractivity contribution in [1.29, 1.82) is 0 Å². The Kier molecular flexibility index (Phi) is 16.7. The number of benzene rings is 1. The monoisotopic (exact) mass is 607 g/mol. The maximum absolute atomic E-state index is 13.4. The second-order valence-electron chi connectivity index (χ2n) is 9.46. The van der Waals surface area contributed by atoms with Crippen molar-refractivity contribution in [2.75, 3.05) is 18.8 Å². The van der Waals surface area contributed by atoms with Gasteiger partial charge in [-0.25, -0.2) is 4.79 Å². The number of thiol groups is 1. The molecule has 0 aliphatic rings. The van der Waals surface area contributed by atoms with E-state index in [9.17, 15) is 29.1 Å². The molecular formula is C26H41N9O6S. The summed E-state index contributed by atoms with van der Waals surface area (Å²) >= 11 is 3.97. The summed E-state index contributed by atoms with van der Waals surface area (Å²) in [6, 6.07) is 4.85. The Morgan fingerprint density at radius 2 is 1.45 bits per heavy atom. The fourth-order valence-corrected chi connectivity index (χ4v) is 4.16. The van der Waals surface area contributed by atoms with Gasteiger partial charge in [0.2, 0.25) is 18.2 Å². The van der Waals surface area contributed by atoms with Gasteiger partial charge >= 0.3 is 5.97 Å². The van der Waals surface area contributed by atoms with Gasteiger partial charge in [0.25, 0.3) is 0 Å². The van der Waals surface area contributed by atoms with Crippen molar-refractivity contribution in [1.82, 2.24) is 16.0 Å². The van der Waals surface area contributed by atoms with Gasteiger partial charge in [-0.15, -0.1) is 0 Å². The summed E-state index contributed by atoms with van der Waals surface area (Å²) in [7, 11) is 0. The first-order chi connectivity index (χ1) is 20.0. The molecule has 16 heteroatoms. The number of nitrogens with one attached hydrogen (secondary N) is 3. The van der Waals surface area contributed by atoms with Gasteiger partial charge in [0.15, 0.2) is 17.7 Å². The zero-order valence-electron chi connectivity index (χ0n) is 23.3. The lowest BCUT2D eigenvalue weighted by molar-refractivity contribution is -0.142. The Hall–Kier alpha value is -4.34. The molecule has 0 saturated carbocycles. The molecule has 1 aromatic rings. The minimum atomic E-state index is -1.26. The molecule has 12 N–H and O–H groups in total. The number of rotatable bonds is 21. The predicted molar refractivity (Wildman–Crippen MR) is 161 cm³/mol. The Balaban J connectivity index is 3.03. The Morgan fingerprint density at radius 1 is 0.881 bits per heavy atom. The second kappa shape index (κ2) is 19.7. The summed E-state index contributed by atoms with van der Waals surface area (Å²) in [5.74, 6) is -4.00. The third kappa shape index (κ3) is 14.9. The first kappa shape index (κ1) is 35.7. The first-order valence-corrected chi connectivity index (χ1v) is 13.9. The lowest BCUT2D eigenvalue weighted by Gasteiger charge is -2.22. The van der Waals surface area contributed by atoms with Crippen LogP contribution in [0.5, 0.6) is 0 Å². The molecule has 0 aliphatic heterocycles. The number of guanidine groups is 2. The largest absolute Gasteiger partial charge is 0.480 e. The van der Waals surface area contributed by atoms with E-state index >= 15 is 0 Å². The highest BCUT2D eigenvalue weighted by atomic mass is 32.1. The van der Waals surface area contributed by atoms with Crippen molar-refractivity contribution >= 4 is 54.5 Å². The smallest absolute Gasteiger partial charge is 0.327 e. The van der Waals surface area contributed by atoms with Crippen molar-refractivity contribution in [3.05, 3.63) is 35.4 Å². The predicted octanol–water partition coefficient (Wildman–Crippen LogP) is -1.86. The topological polar surface area (TPSA) is 270 Å². The lowest BCUT2D eigenvalue weighted by atomic mass is 9.91. The maximum atomic E-state index is 13.4. The molecule has 0 fully saturated rings. The van der Waals surface area contributed by atoms with Crippen LogP contribution in [0.1, 0.15) is 43.2 Å². The molecular weight excluding hydrogens is 566 g/mol. The van der Waals surface area contributed by atoms with E-state index in [1.165, 1.54) is 0 Å². The molecule has 0 radical (unpaired) electrons. The number of carbonyl (C=O) groups is 5. The highest BCUT2D eigenvalue weighted by Crippen LogP contribution is 2.17. The average Bonchev–Trinajstić information content (AvgIpc) is 2.93. The summed E-state index contributed by atoms with van der Waals surface area (Å²) in [4.78, 5) is 69.0. The molecule has 0 saturated heterocycles. The minimum Gasteiger partial charge on any atom is -0.480 e. The number of aliphatic carboxylic acids is 1. The van der Waals surface area contributed by atoms with Crippen LogP contribution in [0.4, 0.5) is 0 Å². The zero-order valence-corrected chi connectivity index (χ0v) is 24.2. The van der Waals surface area contributed by atoms with Gasteiger partial charge < -0.3 is 44.0 Å². The molecule has 42 heavy (non-hydrogen) atoms. The molecule has 0 spiro atoms. The van der Waals surface area contributed by atoms with Crippen LogP contribution < -0.4 is 38.9 Å². The number of amides is 3.